The molecule has 0 aliphatic heterocycles. The molecular weight excluding hydrogens is 418 g/mol. The van der Waals surface area contributed by atoms with Crippen LogP contribution in [0.5, 0.6) is 0 Å². The van der Waals surface area contributed by atoms with Gasteiger partial charge in [-0.1, -0.05) is 62.4 Å². The molecule has 2 aromatic heterocycles. The summed E-state index contributed by atoms with van der Waals surface area (Å²) in [6.45, 7) is 3.76. The molecule has 5 heteroatoms. The fourth-order valence-electron chi connectivity index (χ4n) is 3.98. The zero-order valence-electron chi connectivity index (χ0n) is 18.6. The minimum absolute atomic E-state index is 0.287. The van der Waals surface area contributed by atoms with Crippen LogP contribution in [0.1, 0.15) is 37.0 Å². The van der Waals surface area contributed by atoms with Gasteiger partial charge in [0.05, 0.1) is 11.3 Å². The molecule has 3 aromatic carbocycles. The Kier molecular flexibility index (Phi) is 4.90. The first kappa shape index (κ1) is 19.2. The molecule has 5 rings (SSSR count). The fourth-order valence-corrected chi connectivity index (χ4v) is 5.34. The number of thiophene rings is 1. The van der Waals surface area contributed by atoms with Gasteiger partial charge in [0.1, 0.15) is 0 Å². The van der Waals surface area contributed by atoms with E-state index >= 15 is 0 Å². The zero-order valence-corrected chi connectivity index (χ0v) is 18.4. The van der Waals surface area contributed by atoms with Crippen molar-refractivity contribution < 1.29 is 16.3 Å². The summed E-state index contributed by atoms with van der Waals surface area (Å²) in [5, 5.41) is 10.9. The molecule has 0 bridgehead atoms. The van der Waals surface area contributed by atoms with E-state index < -0.39 is 11.9 Å². The maximum atomic E-state index is 11.6. The molecule has 0 atom stereocenters. The Morgan fingerprint density at radius 1 is 0.969 bits per heavy atom. The molecule has 0 saturated heterocycles. The number of aromatic nitrogens is 1. The van der Waals surface area contributed by atoms with Gasteiger partial charge in [0.2, 0.25) is 0 Å². The van der Waals surface area contributed by atoms with Crippen molar-refractivity contribution in [2.45, 2.75) is 19.7 Å². The van der Waals surface area contributed by atoms with Gasteiger partial charge >= 0.3 is 5.97 Å². The van der Waals surface area contributed by atoms with Crippen molar-refractivity contribution in [1.29, 1.82) is 0 Å². The van der Waals surface area contributed by atoms with E-state index in [-0.39, 0.29) is 5.56 Å². The van der Waals surface area contributed by atoms with Crippen LogP contribution >= 0.6 is 11.3 Å². The van der Waals surface area contributed by atoms with Gasteiger partial charge in [0, 0.05) is 33.3 Å². The van der Waals surface area contributed by atoms with Gasteiger partial charge < -0.3 is 0 Å². The van der Waals surface area contributed by atoms with Gasteiger partial charge in [-0.25, -0.2) is 4.79 Å². The number of fused-ring (bicyclic) bond motifs is 3. The highest BCUT2D eigenvalue weighted by atomic mass is 32.1. The first-order chi connectivity index (χ1) is 15.9. The monoisotopic (exact) mass is 440 g/mol. The van der Waals surface area contributed by atoms with Gasteiger partial charge in [-0.15, -0.1) is 11.3 Å². The van der Waals surface area contributed by atoms with Crippen molar-refractivity contribution in [1.82, 2.24) is 4.98 Å². The molecule has 0 fully saturated rings. The van der Waals surface area contributed by atoms with E-state index in [4.69, 9.17) is 6.63 Å². The Bertz CT molecular complexity index is 1500. The molecule has 2 heterocycles. The Hall–Kier alpha value is -3.54. The maximum absolute atomic E-state index is 11.6. The van der Waals surface area contributed by atoms with E-state index in [1.165, 1.54) is 0 Å². The summed E-state index contributed by atoms with van der Waals surface area (Å²) in [5.41, 5.74) is 5.16. The predicted octanol–water partition coefficient (Wildman–Crippen LogP) is 7.54. The van der Waals surface area contributed by atoms with Crippen LogP contribution in [0.15, 0.2) is 79.0 Å². The number of benzene rings is 3. The second-order valence-electron chi connectivity index (χ2n) is 7.85. The molecule has 4 nitrogen and oxygen atoms in total. The first-order valence-electron chi connectivity index (χ1n) is 10.7. The van der Waals surface area contributed by atoms with Crippen LogP contribution in [0.2, 0.25) is 0 Å². The molecular formula is C27H21NO3S. The number of pyridine rings is 1. The van der Waals surface area contributed by atoms with E-state index in [9.17, 15) is 4.79 Å². The molecule has 0 radical (unpaired) electrons. The lowest BCUT2D eigenvalue weighted by Gasteiger charge is -2.08. The molecule has 0 amide bonds. The Morgan fingerprint density at radius 2 is 1.62 bits per heavy atom. The second-order valence-corrected chi connectivity index (χ2v) is 8.87. The number of rotatable bonds is 4. The number of hydrogen-bond acceptors (Lipinski definition) is 5. The van der Waals surface area contributed by atoms with Gasteiger partial charge in [-0.3, -0.25) is 9.87 Å². The molecule has 32 heavy (non-hydrogen) atoms. The normalized spacial score (nSPS) is 12.2. The minimum Gasteiger partial charge on any atom is -0.296 e. The highest BCUT2D eigenvalue weighted by molar-refractivity contribution is 7.26. The summed E-state index contributed by atoms with van der Waals surface area (Å²) < 4.78 is 10.7. The quantitative estimate of drug-likeness (QED) is 0.232. The van der Waals surface area contributed by atoms with Crippen molar-refractivity contribution in [3.05, 3.63) is 90.1 Å². The number of nitrogens with zero attached hydrogens (tertiary/aromatic N) is 1. The summed E-state index contributed by atoms with van der Waals surface area (Å²) in [6, 6.07) is 23.4. The summed E-state index contributed by atoms with van der Waals surface area (Å²) in [5.74, 6) is -1.48. The lowest BCUT2D eigenvalue weighted by molar-refractivity contribution is -0.182. The molecule has 1 N–H and O–H groups in total. The molecule has 158 valence electrons. The Balaban J connectivity index is 1.69. The number of hydrogen-bond donors (Lipinski definition) is 1. The topological polar surface area (TPSA) is 59.4 Å². The summed E-state index contributed by atoms with van der Waals surface area (Å²) in [4.78, 5) is 20.0. The van der Waals surface area contributed by atoms with Crippen LogP contribution in [-0.2, 0) is 4.89 Å². The average molecular weight is 441 g/mol. The summed E-state index contributed by atoms with van der Waals surface area (Å²) in [6.07, 6.45) is 1.78. The van der Waals surface area contributed by atoms with Crippen LogP contribution in [0.25, 0.3) is 42.6 Å². The van der Waals surface area contributed by atoms with Crippen LogP contribution in [0.3, 0.4) is 0 Å². The van der Waals surface area contributed by atoms with Crippen molar-refractivity contribution in [2.75, 3.05) is 0 Å². The van der Waals surface area contributed by atoms with Crippen molar-refractivity contribution in [3.8, 4) is 22.4 Å². The highest BCUT2D eigenvalue weighted by Gasteiger charge is 2.15. The van der Waals surface area contributed by atoms with E-state index in [0.29, 0.717) is 0 Å². The molecule has 0 spiro atoms. The average Bonchev–Trinajstić information content (AvgIpc) is 3.22. The SMILES string of the molecule is [2H]C(C)(C)c1ccnc(-c2cccc3c2sc2c(-c4ccc(C(=O)OO)cc4)cccc23)c1. The number of carbonyl (C=O) groups is 1. The third-order valence-corrected chi connectivity index (χ3v) is 6.94. The van der Waals surface area contributed by atoms with E-state index in [2.05, 4.69) is 34.1 Å². The Morgan fingerprint density at radius 3 is 2.28 bits per heavy atom. The van der Waals surface area contributed by atoms with Gasteiger partial charge in [-0.05, 0) is 46.8 Å². The van der Waals surface area contributed by atoms with E-state index in [1.54, 1.807) is 29.7 Å². The smallest absolute Gasteiger partial charge is 0.296 e. The molecule has 0 aliphatic carbocycles. The van der Waals surface area contributed by atoms with Crippen LogP contribution in [0.4, 0.5) is 0 Å². The third-order valence-electron chi connectivity index (χ3n) is 5.65. The van der Waals surface area contributed by atoms with Crippen molar-refractivity contribution >= 4 is 37.5 Å². The number of carbonyl (C=O) groups excluding carboxylic acids is 1. The minimum atomic E-state index is -0.781. The lowest BCUT2D eigenvalue weighted by Crippen LogP contribution is -2.00. The first-order valence-corrected chi connectivity index (χ1v) is 11.1. The van der Waals surface area contributed by atoms with Gasteiger partial charge in [-0.2, -0.15) is 5.26 Å². The van der Waals surface area contributed by atoms with E-state index in [1.807, 2.05) is 50.2 Å². The molecule has 5 aromatic rings. The van der Waals surface area contributed by atoms with Crippen LogP contribution in [0, 0.1) is 0 Å². The standard InChI is InChI=1S/C27H21NO3S/c1-16(2)19-13-14-28-24(15-19)23-8-4-7-22-21-6-3-5-20(25(21)32-26(22)23)17-9-11-18(12-10-17)27(29)31-30/h3-16,30H,1-2H3/i16D. The van der Waals surface area contributed by atoms with Gasteiger partial charge in [0.15, 0.2) is 0 Å². The van der Waals surface area contributed by atoms with Crippen molar-refractivity contribution in [2.24, 2.45) is 0 Å². The van der Waals surface area contributed by atoms with Crippen LogP contribution < -0.4 is 0 Å². The lowest BCUT2D eigenvalue weighted by atomic mass is 9.99. The van der Waals surface area contributed by atoms with Gasteiger partial charge in [0.25, 0.3) is 0 Å². The van der Waals surface area contributed by atoms with E-state index in [0.717, 1.165) is 48.1 Å². The highest BCUT2D eigenvalue weighted by Crippen LogP contribution is 2.43. The predicted molar refractivity (Wildman–Crippen MR) is 130 cm³/mol. The fraction of sp³-hybridized carbons (Fsp3) is 0.111. The maximum Gasteiger partial charge on any atom is 0.372 e. The van der Waals surface area contributed by atoms with Crippen LogP contribution in [-0.4, -0.2) is 16.2 Å². The summed E-state index contributed by atoms with van der Waals surface area (Å²) >= 11 is 1.71. The molecule has 0 saturated carbocycles. The third kappa shape index (κ3) is 3.45. The molecule has 0 aliphatic rings. The largest absolute Gasteiger partial charge is 0.372 e. The second kappa shape index (κ2) is 8.19. The van der Waals surface area contributed by atoms with Crippen molar-refractivity contribution in [3.63, 3.8) is 0 Å². The Labute approximate surface area is 191 Å². The summed E-state index contributed by atoms with van der Waals surface area (Å²) in [7, 11) is 0. The zero-order chi connectivity index (χ0) is 23.2. The molecule has 0 unspecified atom stereocenters.